The first-order valence-electron chi connectivity index (χ1n) is 13.6. The Morgan fingerprint density at radius 1 is 0.950 bits per heavy atom. The van der Waals surface area contributed by atoms with E-state index < -0.39 is 28.5 Å². The summed E-state index contributed by atoms with van der Waals surface area (Å²) in [5.41, 5.74) is 1.87. The second kappa shape index (κ2) is 13.3. The molecule has 2 amide bonds. The van der Waals surface area contributed by atoms with E-state index in [9.17, 15) is 18.0 Å². The lowest BCUT2D eigenvalue weighted by Gasteiger charge is -2.33. The maximum atomic E-state index is 14.0. The summed E-state index contributed by atoms with van der Waals surface area (Å²) in [6.45, 7) is 3.21. The third kappa shape index (κ3) is 7.04. The van der Waals surface area contributed by atoms with Crippen molar-refractivity contribution in [1.82, 2.24) is 10.2 Å². The van der Waals surface area contributed by atoms with Crippen molar-refractivity contribution in [2.24, 2.45) is 0 Å². The minimum Gasteiger partial charge on any atom is -0.352 e. The fraction of sp³-hybridized carbons (Fsp3) is 0.355. The average Bonchev–Trinajstić information content (AvgIpc) is 3.47. The number of sulfonamides is 1. The normalized spacial score (nSPS) is 14.5. The van der Waals surface area contributed by atoms with Gasteiger partial charge in [0.1, 0.15) is 12.6 Å². The van der Waals surface area contributed by atoms with Crippen molar-refractivity contribution >= 4 is 39.1 Å². The molecule has 0 radical (unpaired) electrons. The van der Waals surface area contributed by atoms with E-state index in [1.54, 1.807) is 50.2 Å². The Morgan fingerprint density at radius 2 is 1.57 bits per heavy atom. The average molecular weight is 582 g/mol. The predicted molar refractivity (Wildman–Crippen MR) is 159 cm³/mol. The topological polar surface area (TPSA) is 86.8 Å². The standard InChI is InChI=1S/C31H36ClN3O4S/c1-23-28(32)18-11-19-29(23)35(40(38,39)27-16-7-4-8-17-27)22-30(36)34(21-20-25-12-5-3-6-13-25)24(2)31(37)33-26-14-9-10-15-26/h3-8,11-13,16-19,24,26H,9-10,14-15,20-22H2,1-2H3,(H,33,37)/t24-/m0/s1. The number of benzene rings is 3. The summed E-state index contributed by atoms with van der Waals surface area (Å²) in [7, 11) is -4.13. The fourth-order valence-electron chi connectivity index (χ4n) is 5.06. The minimum absolute atomic E-state index is 0.0602. The molecule has 1 aliphatic carbocycles. The largest absolute Gasteiger partial charge is 0.352 e. The molecule has 0 aliphatic heterocycles. The molecule has 0 bridgehead atoms. The van der Waals surface area contributed by atoms with Crippen molar-refractivity contribution in [1.29, 1.82) is 0 Å². The van der Waals surface area contributed by atoms with Crippen LogP contribution in [-0.2, 0) is 26.0 Å². The molecule has 1 aliphatic rings. The van der Waals surface area contributed by atoms with Crippen molar-refractivity contribution in [3.05, 3.63) is 95.0 Å². The molecule has 0 aromatic heterocycles. The van der Waals surface area contributed by atoms with Crippen molar-refractivity contribution in [3.8, 4) is 0 Å². The smallest absolute Gasteiger partial charge is 0.264 e. The molecule has 1 fully saturated rings. The molecule has 40 heavy (non-hydrogen) atoms. The van der Waals surface area contributed by atoms with Crippen LogP contribution in [0.2, 0.25) is 5.02 Å². The van der Waals surface area contributed by atoms with E-state index in [4.69, 9.17) is 11.6 Å². The van der Waals surface area contributed by atoms with E-state index in [2.05, 4.69) is 5.32 Å². The molecule has 1 N–H and O–H groups in total. The summed E-state index contributed by atoms with van der Waals surface area (Å²) in [6, 6.07) is 22.0. The van der Waals surface area contributed by atoms with E-state index in [-0.39, 0.29) is 23.4 Å². The third-order valence-corrected chi connectivity index (χ3v) is 9.65. The number of hydrogen-bond acceptors (Lipinski definition) is 4. The third-order valence-electron chi connectivity index (χ3n) is 7.47. The Hall–Kier alpha value is -3.36. The van der Waals surface area contributed by atoms with Gasteiger partial charge in [-0.1, -0.05) is 79.0 Å². The van der Waals surface area contributed by atoms with Gasteiger partial charge in [0.05, 0.1) is 10.6 Å². The summed E-state index contributed by atoms with van der Waals surface area (Å²) < 4.78 is 28.9. The number of nitrogens with zero attached hydrogens (tertiary/aromatic N) is 2. The van der Waals surface area contributed by atoms with E-state index in [0.717, 1.165) is 35.6 Å². The zero-order valence-corrected chi connectivity index (χ0v) is 24.5. The zero-order chi connectivity index (χ0) is 28.7. The van der Waals surface area contributed by atoms with Gasteiger partial charge in [0.15, 0.2) is 0 Å². The molecule has 0 heterocycles. The van der Waals surface area contributed by atoms with Gasteiger partial charge in [0.2, 0.25) is 11.8 Å². The SMILES string of the molecule is Cc1c(Cl)cccc1N(CC(=O)N(CCc1ccccc1)[C@@H](C)C(=O)NC1CCCC1)S(=O)(=O)c1ccccc1. The molecular weight excluding hydrogens is 546 g/mol. The molecule has 3 aromatic rings. The molecule has 0 unspecified atom stereocenters. The number of hydrogen-bond donors (Lipinski definition) is 1. The second-order valence-corrected chi connectivity index (χ2v) is 12.5. The molecular formula is C31H36ClN3O4S. The maximum Gasteiger partial charge on any atom is 0.264 e. The summed E-state index contributed by atoms with van der Waals surface area (Å²) in [6.07, 6.45) is 4.51. The Labute approximate surface area is 242 Å². The van der Waals surface area contributed by atoms with Gasteiger partial charge in [-0.25, -0.2) is 8.42 Å². The van der Waals surface area contributed by atoms with E-state index in [0.29, 0.717) is 22.7 Å². The Morgan fingerprint density at radius 3 is 2.23 bits per heavy atom. The molecule has 1 atom stereocenters. The number of anilines is 1. The van der Waals surface area contributed by atoms with Gasteiger partial charge in [-0.3, -0.25) is 13.9 Å². The molecule has 0 saturated heterocycles. The number of rotatable bonds is 11. The molecule has 7 nitrogen and oxygen atoms in total. The van der Waals surface area contributed by atoms with E-state index in [1.165, 1.54) is 17.0 Å². The Kier molecular flexibility index (Phi) is 9.87. The van der Waals surface area contributed by atoms with Crippen LogP contribution in [0.1, 0.15) is 43.7 Å². The van der Waals surface area contributed by atoms with Crippen molar-refractivity contribution in [2.75, 3.05) is 17.4 Å². The van der Waals surface area contributed by atoms with Gasteiger partial charge in [0.25, 0.3) is 10.0 Å². The van der Waals surface area contributed by atoms with Crippen LogP contribution in [0.15, 0.2) is 83.8 Å². The van der Waals surface area contributed by atoms with Crippen LogP contribution in [0.3, 0.4) is 0 Å². The number of carbonyl (C=O) groups excluding carboxylic acids is 2. The van der Waals surface area contributed by atoms with Gasteiger partial charge in [-0.05, 0) is 68.5 Å². The lowest BCUT2D eigenvalue weighted by atomic mass is 10.1. The van der Waals surface area contributed by atoms with Crippen LogP contribution in [-0.4, -0.2) is 50.3 Å². The van der Waals surface area contributed by atoms with E-state index >= 15 is 0 Å². The summed E-state index contributed by atoms with van der Waals surface area (Å²) >= 11 is 6.37. The molecule has 3 aromatic carbocycles. The van der Waals surface area contributed by atoms with Crippen LogP contribution in [0, 0.1) is 6.92 Å². The van der Waals surface area contributed by atoms with Gasteiger partial charge in [-0.2, -0.15) is 0 Å². The van der Waals surface area contributed by atoms with Crippen LogP contribution in [0.25, 0.3) is 0 Å². The first kappa shape index (κ1) is 29.6. The molecule has 9 heteroatoms. The highest BCUT2D eigenvalue weighted by Crippen LogP contribution is 2.31. The molecule has 0 spiro atoms. The fourth-order valence-corrected chi connectivity index (χ4v) is 6.72. The summed E-state index contributed by atoms with van der Waals surface area (Å²) in [5, 5.41) is 3.48. The first-order chi connectivity index (χ1) is 19.2. The quantitative estimate of drug-likeness (QED) is 0.330. The van der Waals surface area contributed by atoms with Gasteiger partial charge in [0, 0.05) is 17.6 Å². The molecule has 4 rings (SSSR count). The van der Waals surface area contributed by atoms with Gasteiger partial charge in [-0.15, -0.1) is 0 Å². The monoisotopic (exact) mass is 581 g/mol. The maximum absolute atomic E-state index is 14.0. The Balaban J connectivity index is 1.66. The zero-order valence-electron chi connectivity index (χ0n) is 22.9. The predicted octanol–water partition coefficient (Wildman–Crippen LogP) is 5.36. The first-order valence-corrected chi connectivity index (χ1v) is 15.5. The van der Waals surface area contributed by atoms with Crippen LogP contribution >= 0.6 is 11.6 Å². The lowest BCUT2D eigenvalue weighted by molar-refractivity contribution is -0.139. The molecule has 212 valence electrons. The Bertz CT molecular complexity index is 1410. The van der Waals surface area contributed by atoms with Crippen LogP contribution in [0.5, 0.6) is 0 Å². The van der Waals surface area contributed by atoms with E-state index in [1.807, 2.05) is 30.3 Å². The van der Waals surface area contributed by atoms with Gasteiger partial charge < -0.3 is 10.2 Å². The van der Waals surface area contributed by atoms with Gasteiger partial charge >= 0.3 is 0 Å². The lowest BCUT2D eigenvalue weighted by Crippen LogP contribution is -2.53. The highest BCUT2D eigenvalue weighted by molar-refractivity contribution is 7.92. The van der Waals surface area contributed by atoms with Crippen molar-refractivity contribution in [2.45, 2.75) is 62.9 Å². The summed E-state index contributed by atoms with van der Waals surface area (Å²) in [5.74, 6) is -0.700. The number of nitrogens with one attached hydrogen (secondary N) is 1. The number of amides is 2. The van der Waals surface area contributed by atoms with Crippen LogP contribution in [0.4, 0.5) is 5.69 Å². The highest BCUT2D eigenvalue weighted by Gasteiger charge is 2.33. The van der Waals surface area contributed by atoms with Crippen molar-refractivity contribution < 1.29 is 18.0 Å². The number of halogens is 1. The number of carbonyl (C=O) groups is 2. The summed E-state index contributed by atoms with van der Waals surface area (Å²) in [4.78, 5) is 28.8. The second-order valence-electron chi connectivity index (χ2n) is 10.2. The molecule has 1 saturated carbocycles. The van der Waals surface area contributed by atoms with Crippen LogP contribution < -0.4 is 9.62 Å². The minimum atomic E-state index is -4.13. The van der Waals surface area contributed by atoms with Crippen molar-refractivity contribution in [3.63, 3.8) is 0 Å². The highest BCUT2D eigenvalue weighted by atomic mass is 35.5.